The molecule has 0 aromatic rings. The van der Waals surface area contributed by atoms with Crippen LogP contribution >= 0.6 is 0 Å². The molecule has 0 saturated carbocycles. The Balaban J connectivity index is 0. The van der Waals surface area contributed by atoms with Gasteiger partial charge in [0.1, 0.15) is 0 Å². The number of hydrogen-bond acceptors (Lipinski definition) is 3. The Labute approximate surface area is 33.9 Å². The van der Waals surface area contributed by atoms with Crippen molar-refractivity contribution < 1.29 is 17.5 Å². The third-order valence-electron chi connectivity index (χ3n) is 0. The van der Waals surface area contributed by atoms with Gasteiger partial charge in [0.15, 0.2) is 0 Å². The maximum absolute atomic E-state index is 8.25. The predicted molar refractivity (Wildman–Crippen MR) is 10.4 cm³/mol. The molecule has 0 aliphatic rings. The minimum atomic E-state index is -1.75. The molecule has 0 atom stereocenters. The minimum absolute atomic E-state index is 0. The summed E-state index contributed by atoms with van der Waals surface area (Å²) in [5, 5.41) is 14.8. The second-order valence-corrected chi connectivity index (χ2v) is 0.224. The fraction of sp³-hybridized carbons (Fsp3) is 0. The van der Waals surface area contributed by atoms with E-state index >= 15 is 0 Å². The molecule has 0 aromatic carbocycles. The maximum atomic E-state index is 8.25. The van der Waals surface area contributed by atoms with Crippen LogP contribution in [-0.2, 0) is 0 Å². The van der Waals surface area contributed by atoms with Gasteiger partial charge in [-0.1, -0.05) is 0 Å². The lowest BCUT2D eigenvalue weighted by Crippen LogP contribution is -1.74. The summed E-state index contributed by atoms with van der Waals surface area (Å²) >= 11 is 0. The zero-order valence-electron chi connectivity index (χ0n) is 2.05. The highest BCUT2D eigenvalue weighted by Gasteiger charge is 1.45. The van der Waals surface area contributed by atoms with Gasteiger partial charge in [-0.05, 0) is 0 Å². The fourth-order valence-corrected chi connectivity index (χ4v) is 0. The maximum Gasteiger partial charge on any atom is 1.00 e. The van der Waals surface area contributed by atoms with Crippen LogP contribution in [0.1, 0.15) is 0 Å². The summed E-state index contributed by atoms with van der Waals surface area (Å²) in [6.07, 6.45) is 0. The molecule has 0 aromatic heterocycles. The summed E-state index contributed by atoms with van der Waals surface area (Å²) < 4.78 is 0. The van der Waals surface area contributed by atoms with E-state index in [2.05, 4.69) is 0 Å². The van der Waals surface area contributed by atoms with E-state index in [0.29, 0.717) is 0 Å². The first-order valence-electron chi connectivity index (χ1n) is 0.548. The molecular weight excluding hydrogens is 97.5 g/mol. The molecule has 5 heavy (non-hydrogen) atoms. The van der Waals surface area contributed by atoms with E-state index in [0.717, 1.165) is 0 Å². The van der Waals surface area contributed by atoms with Gasteiger partial charge in [-0.3, -0.25) is 0 Å². The normalized spacial score (nSPS) is 4.80. The third kappa shape index (κ3) is 29.8. The summed E-state index contributed by atoms with van der Waals surface area (Å²) in [7, 11) is 0. The van der Waals surface area contributed by atoms with Crippen LogP contribution in [0.3, 0.4) is 0 Å². The molecule has 5 heteroatoms. The van der Waals surface area contributed by atoms with Crippen molar-refractivity contribution in [2.45, 2.75) is 0 Å². The first-order chi connectivity index (χ1) is 1.73. The Morgan fingerprint density at radius 2 is 1.40 bits per heavy atom. The van der Waals surface area contributed by atoms with Gasteiger partial charge >= 0.3 is 12.4 Å². The van der Waals surface area contributed by atoms with E-state index in [1.807, 2.05) is 0 Å². The first kappa shape index (κ1) is 8.82. The van der Waals surface area contributed by atoms with Crippen molar-refractivity contribution in [3.63, 3.8) is 0 Å². The second kappa shape index (κ2) is 3.49. The third-order valence-corrected chi connectivity index (χ3v) is 0. The van der Waals surface area contributed by atoms with Crippen LogP contribution in [0.5, 0.6) is 0 Å². The molecule has 2 radical (unpaired) electrons. The number of halogens is 1. The zero-order valence-corrected chi connectivity index (χ0v) is 2.81. The molecule has 0 fully saturated rings. The molecule has 0 saturated heterocycles. The lowest BCUT2D eigenvalue weighted by Gasteiger charge is -1.74. The van der Waals surface area contributed by atoms with Crippen molar-refractivity contribution in [2.24, 2.45) is 0 Å². The lowest BCUT2D eigenvalue weighted by atomic mass is 13.1. The van der Waals surface area contributed by atoms with Crippen LogP contribution in [0.2, 0.25) is 0 Å². The molecule has 30 valence electrons. The molecule has 4 nitrogen and oxygen atoms in total. The highest BCUT2D eigenvalue weighted by molar-refractivity contribution is 4.03. The molecule has 0 aliphatic heterocycles. The number of rotatable bonds is 0. The monoisotopic (exact) mass is 97.0 g/mol. The smallest absolute Gasteiger partial charge is 0.356 e. The molecular formula is ClNO3. The molecule has 0 N–H and O–H groups in total. The molecule has 0 heterocycles. The Hall–Kier alpha value is -0.510. The Kier molecular flexibility index (Phi) is 6.16. The van der Waals surface area contributed by atoms with Gasteiger partial charge < -0.3 is 15.3 Å². The van der Waals surface area contributed by atoms with Gasteiger partial charge in [0, 0.05) is 0 Å². The topological polar surface area (TPSA) is 66.2 Å². The van der Waals surface area contributed by atoms with Crippen LogP contribution in [0, 0.1) is 27.7 Å². The van der Waals surface area contributed by atoms with Crippen molar-refractivity contribution >= 4 is 0 Å². The van der Waals surface area contributed by atoms with Crippen molar-refractivity contribution in [1.82, 2.24) is 0 Å². The van der Waals surface area contributed by atoms with E-state index in [9.17, 15) is 0 Å². The Morgan fingerprint density at radius 1 is 1.40 bits per heavy atom. The molecule has 0 rings (SSSR count). The van der Waals surface area contributed by atoms with Crippen molar-refractivity contribution in [2.75, 3.05) is 0 Å². The summed E-state index contributed by atoms with van der Waals surface area (Å²) in [6, 6.07) is 0. The van der Waals surface area contributed by atoms with E-state index in [-0.39, 0.29) is 12.4 Å². The standard InChI is InChI=1S/Cl.NO3/c;2-1(3)4/q+1;-1. The molecule has 0 unspecified atom stereocenters. The summed E-state index contributed by atoms with van der Waals surface area (Å²) in [5.74, 6) is 0. The first-order valence-corrected chi connectivity index (χ1v) is 0.548. The predicted octanol–water partition coefficient (Wildman–Crippen LogP) is -0.239. The molecule has 0 spiro atoms. The zero-order chi connectivity index (χ0) is 3.58. The molecule has 0 aliphatic carbocycles. The minimum Gasteiger partial charge on any atom is -0.356 e. The molecule has 0 bridgehead atoms. The van der Waals surface area contributed by atoms with Crippen LogP contribution in [0.4, 0.5) is 0 Å². The Bertz CT molecular complexity index is 29.9. The van der Waals surface area contributed by atoms with E-state index in [1.165, 1.54) is 0 Å². The van der Waals surface area contributed by atoms with Crippen molar-refractivity contribution in [3.05, 3.63) is 15.3 Å². The number of nitrogens with zero attached hydrogens (tertiary/aromatic N) is 1. The summed E-state index contributed by atoms with van der Waals surface area (Å²) in [5.41, 5.74) is 0. The molecule has 0 amide bonds. The quantitative estimate of drug-likeness (QED) is 0.310. The number of hydrogen-bond donors (Lipinski definition) is 0. The van der Waals surface area contributed by atoms with Crippen LogP contribution in [-0.4, -0.2) is 5.09 Å². The fourth-order valence-electron chi connectivity index (χ4n) is 0. The largest absolute Gasteiger partial charge is 1.00 e. The van der Waals surface area contributed by atoms with E-state index in [4.69, 9.17) is 15.3 Å². The SMILES string of the molecule is O=[N+]([O-])[O-].[Cl+]. The van der Waals surface area contributed by atoms with Gasteiger partial charge in [-0.2, -0.15) is 0 Å². The van der Waals surface area contributed by atoms with Crippen LogP contribution in [0.15, 0.2) is 0 Å². The van der Waals surface area contributed by atoms with Crippen LogP contribution < -0.4 is 0 Å². The van der Waals surface area contributed by atoms with Crippen LogP contribution in [0.25, 0.3) is 0 Å². The highest BCUT2D eigenvalue weighted by atomic mass is 35.5. The lowest BCUT2D eigenvalue weighted by molar-refractivity contribution is -0.402. The summed E-state index contributed by atoms with van der Waals surface area (Å²) in [4.78, 5) is 8.25. The average Bonchev–Trinajstić information content (AvgIpc) is 0.811. The summed E-state index contributed by atoms with van der Waals surface area (Å²) in [6.45, 7) is 0. The van der Waals surface area contributed by atoms with E-state index in [1.54, 1.807) is 0 Å². The average molecular weight is 97.5 g/mol. The second-order valence-electron chi connectivity index (χ2n) is 0.224. The van der Waals surface area contributed by atoms with Gasteiger partial charge in [0.05, 0.1) is 5.09 Å². The van der Waals surface area contributed by atoms with Gasteiger partial charge in [-0.15, -0.1) is 0 Å². The Morgan fingerprint density at radius 3 is 1.40 bits per heavy atom. The van der Waals surface area contributed by atoms with Gasteiger partial charge in [0.25, 0.3) is 0 Å². The van der Waals surface area contributed by atoms with Gasteiger partial charge in [-0.25, -0.2) is 0 Å². The van der Waals surface area contributed by atoms with Gasteiger partial charge in [0.2, 0.25) is 0 Å². The van der Waals surface area contributed by atoms with E-state index < -0.39 is 5.09 Å². The van der Waals surface area contributed by atoms with Crippen molar-refractivity contribution in [1.29, 1.82) is 0 Å². The highest BCUT2D eigenvalue weighted by Crippen LogP contribution is 1.44. The van der Waals surface area contributed by atoms with Crippen molar-refractivity contribution in [3.8, 4) is 0 Å².